The molecule has 0 unspecified atom stereocenters. The third-order valence-electron chi connectivity index (χ3n) is 2.03. The third kappa shape index (κ3) is 1.80. The Morgan fingerprint density at radius 3 is 3.00 bits per heavy atom. The molecule has 2 nitrogen and oxygen atoms in total. The fourth-order valence-corrected chi connectivity index (χ4v) is 1.71. The van der Waals surface area contributed by atoms with Crippen molar-refractivity contribution in [1.82, 2.24) is 0 Å². The van der Waals surface area contributed by atoms with E-state index in [2.05, 4.69) is 35.1 Å². The van der Waals surface area contributed by atoms with Crippen LogP contribution in [0.3, 0.4) is 0 Å². The summed E-state index contributed by atoms with van der Waals surface area (Å²) in [4.78, 5) is 0. The second kappa shape index (κ2) is 2.91. The van der Waals surface area contributed by atoms with Gasteiger partial charge in [-0.1, -0.05) is 15.9 Å². The highest BCUT2D eigenvalue weighted by Gasteiger charge is 2.25. The average molecular weight is 242 g/mol. The molecule has 0 amide bonds. The first-order valence-electron chi connectivity index (χ1n) is 4.29. The van der Waals surface area contributed by atoms with Crippen molar-refractivity contribution in [1.29, 1.82) is 0 Å². The van der Waals surface area contributed by atoms with Gasteiger partial charge in [0.15, 0.2) is 0 Å². The largest absolute Gasteiger partial charge is 0.484 e. The Morgan fingerprint density at radius 2 is 2.23 bits per heavy atom. The number of nitrogens with one attached hydrogen (secondary N) is 1. The van der Waals surface area contributed by atoms with Crippen LogP contribution in [0.15, 0.2) is 22.7 Å². The first-order valence-corrected chi connectivity index (χ1v) is 5.09. The summed E-state index contributed by atoms with van der Waals surface area (Å²) in [6.45, 7) is 5.00. The van der Waals surface area contributed by atoms with E-state index >= 15 is 0 Å². The van der Waals surface area contributed by atoms with Gasteiger partial charge in [0.2, 0.25) is 0 Å². The van der Waals surface area contributed by atoms with Gasteiger partial charge < -0.3 is 10.1 Å². The molecule has 0 spiro atoms. The molecule has 2 rings (SSSR count). The Balaban J connectivity index is 2.38. The quantitative estimate of drug-likeness (QED) is 0.754. The number of hydrogen-bond donors (Lipinski definition) is 1. The van der Waals surface area contributed by atoms with Crippen molar-refractivity contribution < 1.29 is 4.74 Å². The molecule has 1 aliphatic heterocycles. The van der Waals surface area contributed by atoms with E-state index in [1.165, 1.54) is 0 Å². The maximum absolute atomic E-state index is 5.81. The lowest BCUT2D eigenvalue weighted by Crippen LogP contribution is -2.39. The Morgan fingerprint density at radius 1 is 1.46 bits per heavy atom. The summed E-state index contributed by atoms with van der Waals surface area (Å²) in [5.74, 6) is 0.922. The summed E-state index contributed by atoms with van der Waals surface area (Å²) >= 11 is 3.42. The van der Waals surface area contributed by atoms with E-state index < -0.39 is 0 Å². The minimum absolute atomic E-state index is 0.117. The summed E-state index contributed by atoms with van der Waals surface area (Å²) < 4.78 is 6.85. The summed E-state index contributed by atoms with van der Waals surface area (Å²) in [6, 6.07) is 6.02. The van der Waals surface area contributed by atoms with Gasteiger partial charge in [0.25, 0.3) is 0 Å². The SMILES string of the molecule is CC1(C)CNc2ccc(Br)cc2O1. The average Bonchev–Trinajstić information content (AvgIpc) is 2.01. The molecular weight excluding hydrogens is 230 g/mol. The van der Waals surface area contributed by atoms with Crippen LogP contribution in [-0.4, -0.2) is 12.1 Å². The first-order chi connectivity index (χ1) is 6.07. The Kier molecular flexibility index (Phi) is 1.99. The molecule has 1 aliphatic rings. The first kappa shape index (κ1) is 8.88. The highest BCUT2D eigenvalue weighted by atomic mass is 79.9. The number of benzene rings is 1. The van der Waals surface area contributed by atoms with E-state index in [0.29, 0.717) is 0 Å². The number of anilines is 1. The Labute approximate surface area is 86.4 Å². The second-order valence-electron chi connectivity index (χ2n) is 3.86. The predicted molar refractivity (Wildman–Crippen MR) is 57.3 cm³/mol. The third-order valence-corrected chi connectivity index (χ3v) is 2.53. The molecule has 70 valence electrons. The zero-order chi connectivity index (χ0) is 9.47. The fourth-order valence-electron chi connectivity index (χ4n) is 1.37. The van der Waals surface area contributed by atoms with Crippen LogP contribution in [0.1, 0.15) is 13.8 Å². The monoisotopic (exact) mass is 241 g/mol. The number of halogens is 1. The van der Waals surface area contributed by atoms with Gasteiger partial charge in [0.05, 0.1) is 12.2 Å². The van der Waals surface area contributed by atoms with Crippen LogP contribution in [0, 0.1) is 0 Å². The van der Waals surface area contributed by atoms with Crippen molar-refractivity contribution in [2.24, 2.45) is 0 Å². The van der Waals surface area contributed by atoms with Gasteiger partial charge in [-0.25, -0.2) is 0 Å². The molecule has 13 heavy (non-hydrogen) atoms. The van der Waals surface area contributed by atoms with Gasteiger partial charge in [-0.2, -0.15) is 0 Å². The van der Waals surface area contributed by atoms with Crippen LogP contribution in [0.5, 0.6) is 5.75 Å². The number of ether oxygens (including phenoxy) is 1. The van der Waals surface area contributed by atoms with E-state index in [-0.39, 0.29) is 5.60 Å². The standard InChI is InChI=1S/C10H12BrNO/c1-10(2)6-12-8-4-3-7(11)5-9(8)13-10/h3-5,12H,6H2,1-2H3. The van der Waals surface area contributed by atoms with Gasteiger partial charge in [0.1, 0.15) is 11.4 Å². The minimum atomic E-state index is -0.117. The zero-order valence-corrected chi connectivity index (χ0v) is 9.31. The van der Waals surface area contributed by atoms with Crippen molar-refractivity contribution in [2.45, 2.75) is 19.4 Å². The zero-order valence-electron chi connectivity index (χ0n) is 7.73. The lowest BCUT2D eigenvalue weighted by molar-refractivity contribution is 0.116. The summed E-state index contributed by atoms with van der Waals surface area (Å²) in [5, 5.41) is 3.33. The molecule has 0 saturated heterocycles. The number of hydrogen-bond acceptors (Lipinski definition) is 2. The van der Waals surface area contributed by atoms with Crippen molar-refractivity contribution in [3.63, 3.8) is 0 Å². The molecule has 3 heteroatoms. The van der Waals surface area contributed by atoms with E-state index in [1.54, 1.807) is 0 Å². The maximum atomic E-state index is 5.81. The van der Waals surface area contributed by atoms with Gasteiger partial charge in [-0.3, -0.25) is 0 Å². The molecular formula is C10H12BrNO. The van der Waals surface area contributed by atoms with Crippen LogP contribution in [-0.2, 0) is 0 Å². The molecule has 0 fully saturated rings. The smallest absolute Gasteiger partial charge is 0.144 e. The normalized spacial score (nSPS) is 18.4. The van der Waals surface area contributed by atoms with Crippen LogP contribution in [0.4, 0.5) is 5.69 Å². The van der Waals surface area contributed by atoms with Crippen LogP contribution in [0.25, 0.3) is 0 Å². The highest BCUT2D eigenvalue weighted by Crippen LogP contribution is 2.34. The molecule has 0 atom stereocenters. The molecule has 1 N–H and O–H groups in total. The van der Waals surface area contributed by atoms with Crippen molar-refractivity contribution in [2.75, 3.05) is 11.9 Å². The van der Waals surface area contributed by atoms with Gasteiger partial charge in [0, 0.05) is 4.47 Å². The second-order valence-corrected chi connectivity index (χ2v) is 4.77. The summed E-state index contributed by atoms with van der Waals surface area (Å²) in [7, 11) is 0. The van der Waals surface area contributed by atoms with Gasteiger partial charge in [-0.05, 0) is 32.0 Å². The Hall–Kier alpha value is -0.700. The van der Waals surface area contributed by atoms with Crippen LogP contribution >= 0.6 is 15.9 Å². The van der Waals surface area contributed by atoms with Crippen LogP contribution in [0.2, 0.25) is 0 Å². The van der Waals surface area contributed by atoms with Gasteiger partial charge >= 0.3 is 0 Å². The van der Waals surface area contributed by atoms with E-state index in [4.69, 9.17) is 4.74 Å². The lowest BCUT2D eigenvalue weighted by Gasteiger charge is -2.33. The molecule has 0 radical (unpaired) electrons. The topological polar surface area (TPSA) is 21.3 Å². The van der Waals surface area contributed by atoms with E-state index in [9.17, 15) is 0 Å². The fraction of sp³-hybridized carbons (Fsp3) is 0.400. The molecule has 1 aromatic carbocycles. The molecule has 0 aromatic heterocycles. The van der Waals surface area contributed by atoms with Crippen molar-refractivity contribution in [3.05, 3.63) is 22.7 Å². The summed E-state index contributed by atoms with van der Waals surface area (Å²) in [5.41, 5.74) is 0.955. The number of fused-ring (bicyclic) bond motifs is 1. The van der Waals surface area contributed by atoms with E-state index in [0.717, 1.165) is 22.5 Å². The maximum Gasteiger partial charge on any atom is 0.144 e. The van der Waals surface area contributed by atoms with Crippen molar-refractivity contribution >= 4 is 21.6 Å². The molecule has 0 saturated carbocycles. The molecule has 1 aromatic rings. The molecule has 0 bridgehead atoms. The minimum Gasteiger partial charge on any atom is -0.484 e. The molecule has 1 heterocycles. The lowest BCUT2D eigenvalue weighted by atomic mass is 10.1. The van der Waals surface area contributed by atoms with E-state index in [1.807, 2.05) is 18.2 Å². The Bertz CT molecular complexity index is 336. The number of rotatable bonds is 0. The highest BCUT2D eigenvalue weighted by molar-refractivity contribution is 9.10. The van der Waals surface area contributed by atoms with Crippen LogP contribution < -0.4 is 10.1 Å². The van der Waals surface area contributed by atoms with Crippen molar-refractivity contribution in [3.8, 4) is 5.75 Å². The molecule has 0 aliphatic carbocycles. The predicted octanol–water partition coefficient (Wildman–Crippen LogP) is 3.03. The summed E-state index contributed by atoms with van der Waals surface area (Å²) in [6.07, 6.45) is 0. The van der Waals surface area contributed by atoms with Gasteiger partial charge in [-0.15, -0.1) is 0 Å².